The van der Waals surface area contributed by atoms with E-state index < -0.39 is 6.10 Å². The number of rotatable bonds is 5. The first-order valence-corrected chi connectivity index (χ1v) is 8.59. The van der Waals surface area contributed by atoms with Crippen LogP contribution in [0.25, 0.3) is 0 Å². The largest absolute Gasteiger partial charge is 0.479 e. The number of carbonyl (C=O) groups is 2. The van der Waals surface area contributed by atoms with E-state index in [0.29, 0.717) is 24.6 Å². The predicted molar refractivity (Wildman–Crippen MR) is 92.1 cm³/mol. The third kappa shape index (κ3) is 3.38. The molecule has 2 amide bonds. The highest BCUT2D eigenvalue weighted by atomic mass is 16.5. The van der Waals surface area contributed by atoms with E-state index in [1.165, 1.54) is 0 Å². The van der Waals surface area contributed by atoms with Crippen LogP contribution in [-0.2, 0) is 9.59 Å². The van der Waals surface area contributed by atoms with Crippen molar-refractivity contribution >= 4 is 17.5 Å². The Bertz CT molecular complexity index is 619. The van der Waals surface area contributed by atoms with Crippen LogP contribution in [0.4, 0.5) is 5.69 Å². The predicted octanol–water partition coefficient (Wildman–Crippen LogP) is 1.26. The second kappa shape index (κ2) is 7.21. The Hall–Kier alpha value is -2.08. The molecule has 130 valence electrons. The third-order valence-electron chi connectivity index (χ3n) is 4.75. The number of likely N-dealkylation sites (tertiary alicyclic amines) is 1. The molecule has 0 aliphatic carbocycles. The van der Waals surface area contributed by atoms with Gasteiger partial charge in [-0.25, -0.2) is 0 Å². The van der Waals surface area contributed by atoms with Gasteiger partial charge in [0.2, 0.25) is 5.91 Å². The van der Waals surface area contributed by atoms with Crippen molar-refractivity contribution in [3.05, 3.63) is 24.3 Å². The van der Waals surface area contributed by atoms with Crippen molar-refractivity contribution in [1.29, 1.82) is 0 Å². The lowest BCUT2D eigenvalue weighted by Crippen LogP contribution is -2.46. The fourth-order valence-corrected chi connectivity index (χ4v) is 3.47. The minimum absolute atomic E-state index is 0.0871. The Balaban J connectivity index is 1.62. The smallest absolute Gasteiger partial charge is 0.267 e. The van der Waals surface area contributed by atoms with Crippen LogP contribution in [0.1, 0.15) is 19.8 Å². The van der Waals surface area contributed by atoms with E-state index in [0.717, 1.165) is 31.7 Å². The van der Waals surface area contributed by atoms with Gasteiger partial charge in [-0.15, -0.1) is 0 Å². The first kappa shape index (κ1) is 16.8. The summed E-state index contributed by atoms with van der Waals surface area (Å²) in [7, 11) is 1.94. The van der Waals surface area contributed by atoms with Crippen LogP contribution in [0.15, 0.2) is 24.3 Å². The van der Waals surface area contributed by atoms with Crippen LogP contribution in [0.3, 0.4) is 0 Å². The van der Waals surface area contributed by atoms with Gasteiger partial charge in [0.1, 0.15) is 5.75 Å². The number of hydrogen-bond acceptors (Lipinski definition) is 4. The van der Waals surface area contributed by atoms with Crippen LogP contribution in [0.2, 0.25) is 0 Å². The number of ether oxygens (including phenoxy) is 1. The second-order valence-electron chi connectivity index (χ2n) is 6.52. The van der Waals surface area contributed by atoms with E-state index in [1.54, 1.807) is 11.8 Å². The van der Waals surface area contributed by atoms with E-state index in [9.17, 15) is 9.59 Å². The number of benzene rings is 1. The van der Waals surface area contributed by atoms with Gasteiger partial charge in [-0.3, -0.25) is 9.59 Å². The molecule has 1 fully saturated rings. The molecule has 2 aliphatic heterocycles. The van der Waals surface area contributed by atoms with Crippen molar-refractivity contribution in [3.63, 3.8) is 0 Å². The lowest BCUT2D eigenvalue weighted by atomic mass is 10.1. The van der Waals surface area contributed by atoms with Crippen molar-refractivity contribution in [1.82, 2.24) is 10.2 Å². The van der Waals surface area contributed by atoms with Gasteiger partial charge in [0.25, 0.3) is 5.91 Å². The van der Waals surface area contributed by atoms with Crippen molar-refractivity contribution in [2.45, 2.75) is 25.9 Å². The van der Waals surface area contributed by atoms with Crippen LogP contribution in [0, 0.1) is 5.92 Å². The number of carbonyl (C=O) groups excluding carboxylic acids is 2. The number of fused-ring (bicyclic) bond motifs is 1. The monoisotopic (exact) mass is 331 g/mol. The molecule has 0 saturated carbocycles. The summed E-state index contributed by atoms with van der Waals surface area (Å²) >= 11 is 0. The van der Waals surface area contributed by atoms with E-state index in [2.05, 4.69) is 5.32 Å². The lowest BCUT2D eigenvalue weighted by molar-refractivity contribution is -0.130. The molecular weight excluding hydrogens is 306 g/mol. The SMILES string of the molecule is CNCC1CCN(C(=O)CCN2C(=O)C(C)Oc3ccccc32)C1. The average molecular weight is 331 g/mol. The zero-order chi connectivity index (χ0) is 17.1. The van der Waals surface area contributed by atoms with E-state index in [4.69, 9.17) is 4.74 Å². The molecule has 1 N–H and O–H groups in total. The minimum Gasteiger partial charge on any atom is -0.479 e. The van der Waals surface area contributed by atoms with Gasteiger partial charge in [-0.05, 0) is 45.0 Å². The summed E-state index contributed by atoms with van der Waals surface area (Å²) in [6.07, 6.45) is 0.879. The van der Waals surface area contributed by atoms with Gasteiger partial charge in [-0.1, -0.05) is 12.1 Å². The Kier molecular flexibility index (Phi) is 5.04. The quantitative estimate of drug-likeness (QED) is 0.882. The first-order valence-electron chi connectivity index (χ1n) is 8.59. The first-order chi connectivity index (χ1) is 11.6. The molecule has 0 radical (unpaired) electrons. The number of anilines is 1. The van der Waals surface area contributed by atoms with E-state index >= 15 is 0 Å². The second-order valence-corrected chi connectivity index (χ2v) is 6.52. The molecule has 1 aromatic rings. The molecule has 3 rings (SSSR count). The van der Waals surface area contributed by atoms with E-state index in [1.807, 2.05) is 36.2 Å². The molecule has 2 atom stereocenters. The number of nitrogens with zero attached hydrogens (tertiary/aromatic N) is 2. The molecule has 0 aromatic heterocycles. The molecule has 1 aromatic carbocycles. The summed E-state index contributed by atoms with van der Waals surface area (Å²) in [4.78, 5) is 28.5. The van der Waals surface area contributed by atoms with Gasteiger partial charge >= 0.3 is 0 Å². The molecule has 6 nitrogen and oxygen atoms in total. The molecule has 2 heterocycles. The van der Waals surface area contributed by atoms with Gasteiger partial charge in [0, 0.05) is 26.1 Å². The molecule has 2 unspecified atom stereocenters. The average Bonchev–Trinajstić information content (AvgIpc) is 3.04. The molecule has 0 spiro atoms. The van der Waals surface area contributed by atoms with Crippen LogP contribution < -0.4 is 15.0 Å². The summed E-state index contributed by atoms with van der Waals surface area (Å²) < 4.78 is 5.63. The maximum Gasteiger partial charge on any atom is 0.267 e. The number of amides is 2. The maximum atomic E-state index is 12.5. The van der Waals surface area contributed by atoms with Gasteiger partial charge in [0.05, 0.1) is 5.69 Å². The topological polar surface area (TPSA) is 61.9 Å². The molecule has 6 heteroatoms. The fraction of sp³-hybridized carbons (Fsp3) is 0.556. The van der Waals surface area contributed by atoms with Crippen LogP contribution >= 0.6 is 0 Å². The Morgan fingerprint density at radius 2 is 2.17 bits per heavy atom. The third-order valence-corrected chi connectivity index (χ3v) is 4.75. The summed E-state index contributed by atoms with van der Waals surface area (Å²) in [6, 6.07) is 7.48. The fourth-order valence-electron chi connectivity index (χ4n) is 3.47. The van der Waals surface area contributed by atoms with Crippen molar-refractivity contribution in [2.75, 3.05) is 38.1 Å². The summed E-state index contributed by atoms with van der Waals surface area (Å²) in [5, 5.41) is 3.17. The number of nitrogens with one attached hydrogen (secondary N) is 1. The van der Waals surface area contributed by atoms with Crippen molar-refractivity contribution in [2.24, 2.45) is 5.92 Å². The molecule has 1 saturated heterocycles. The van der Waals surface area contributed by atoms with Gasteiger partial charge in [-0.2, -0.15) is 0 Å². The summed E-state index contributed by atoms with van der Waals surface area (Å²) in [5.74, 6) is 1.27. The lowest BCUT2D eigenvalue weighted by Gasteiger charge is -2.33. The Morgan fingerprint density at radius 3 is 2.96 bits per heavy atom. The standard InChI is InChI=1S/C18H25N3O3/c1-13-18(23)21(15-5-3-4-6-16(15)24-13)10-8-17(22)20-9-7-14(12-20)11-19-2/h3-6,13-14,19H,7-12H2,1-2H3. The van der Waals surface area contributed by atoms with E-state index in [-0.39, 0.29) is 11.8 Å². The van der Waals surface area contributed by atoms with Gasteiger partial charge < -0.3 is 19.9 Å². The number of hydrogen-bond donors (Lipinski definition) is 1. The van der Waals surface area contributed by atoms with Crippen molar-refractivity contribution < 1.29 is 14.3 Å². The normalized spacial score (nSPS) is 23.2. The minimum atomic E-state index is -0.512. The zero-order valence-electron chi connectivity index (χ0n) is 14.3. The highest BCUT2D eigenvalue weighted by Gasteiger charge is 2.32. The zero-order valence-corrected chi connectivity index (χ0v) is 14.3. The summed E-state index contributed by atoms with van der Waals surface area (Å²) in [5.41, 5.74) is 0.753. The molecule has 0 bridgehead atoms. The van der Waals surface area contributed by atoms with Crippen LogP contribution in [0.5, 0.6) is 5.75 Å². The van der Waals surface area contributed by atoms with Gasteiger partial charge in [0.15, 0.2) is 6.10 Å². The highest BCUT2D eigenvalue weighted by Crippen LogP contribution is 2.33. The molecule has 2 aliphatic rings. The van der Waals surface area contributed by atoms with Crippen LogP contribution in [-0.4, -0.2) is 56.0 Å². The maximum absolute atomic E-state index is 12.5. The molecule has 24 heavy (non-hydrogen) atoms. The van der Waals surface area contributed by atoms with Crippen molar-refractivity contribution in [3.8, 4) is 5.75 Å². The Morgan fingerprint density at radius 1 is 1.38 bits per heavy atom. The molecular formula is C18H25N3O3. The highest BCUT2D eigenvalue weighted by molar-refractivity contribution is 6.00. The Labute approximate surface area is 142 Å². The number of para-hydroxylation sites is 2. The summed E-state index contributed by atoms with van der Waals surface area (Å²) in [6.45, 7) is 4.71.